The maximum Gasteiger partial charge on any atom is 0.224 e. The fourth-order valence-electron chi connectivity index (χ4n) is 1.89. The molecule has 2 rings (SSSR count). The molecular weight excluding hydrogens is 260 g/mol. The number of hydrogen-bond donors (Lipinski definition) is 1. The molecule has 4 heteroatoms. The van der Waals surface area contributed by atoms with Crippen LogP contribution in [0.1, 0.15) is 11.1 Å². The predicted octanol–water partition coefficient (Wildman–Crippen LogP) is 2.87. The first-order valence-corrected chi connectivity index (χ1v) is 6.39. The SMILES string of the molecule is O=C(Cc1cccc(F)c1)NCCc1ccc(F)cc1. The Balaban J connectivity index is 1.76. The molecule has 0 bridgehead atoms. The number of carbonyl (C=O) groups is 1. The Kier molecular flexibility index (Phi) is 4.82. The maximum atomic E-state index is 13.0. The van der Waals surface area contributed by atoms with Gasteiger partial charge in [0.1, 0.15) is 11.6 Å². The van der Waals surface area contributed by atoms with Crippen LogP contribution in [0.5, 0.6) is 0 Å². The Bertz CT molecular complexity index is 581. The molecule has 0 aliphatic rings. The summed E-state index contributed by atoms with van der Waals surface area (Å²) in [5.41, 5.74) is 1.60. The highest BCUT2D eigenvalue weighted by molar-refractivity contribution is 5.78. The molecular formula is C16H15F2NO. The van der Waals surface area contributed by atoms with Gasteiger partial charge in [-0.05, 0) is 41.8 Å². The van der Waals surface area contributed by atoms with E-state index >= 15 is 0 Å². The van der Waals surface area contributed by atoms with E-state index in [0.717, 1.165) is 5.56 Å². The van der Waals surface area contributed by atoms with Crippen molar-refractivity contribution in [3.63, 3.8) is 0 Å². The van der Waals surface area contributed by atoms with Gasteiger partial charge in [0, 0.05) is 6.54 Å². The van der Waals surface area contributed by atoms with Gasteiger partial charge in [-0.3, -0.25) is 4.79 Å². The minimum absolute atomic E-state index is 0.154. The molecule has 104 valence electrons. The Morgan fingerprint density at radius 2 is 1.70 bits per heavy atom. The Labute approximate surface area is 116 Å². The lowest BCUT2D eigenvalue weighted by molar-refractivity contribution is -0.120. The molecule has 2 aromatic carbocycles. The zero-order valence-corrected chi connectivity index (χ0v) is 10.9. The summed E-state index contributed by atoms with van der Waals surface area (Å²) in [4.78, 5) is 11.7. The average Bonchev–Trinajstić information content (AvgIpc) is 2.41. The minimum atomic E-state index is -0.346. The minimum Gasteiger partial charge on any atom is -0.355 e. The molecule has 0 aliphatic heterocycles. The smallest absolute Gasteiger partial charge is 0.224 e. The first-order chi connectivity index (χ1) is 9.63. The van der Waals surface area contributed by atoms with Gasteiger partial charge in [0.05, 0.1) is 6.42 Å². The summed E-state index contributed by atoms with van der Waals surface area (Å²) in [6, 6.07) is 12.1. The number of hydrogen-bond acceptors (Lipinski definition) is 1. The maximum absolute atomic E-state index is 13.0. The van der Waals surface area contributed by atoms with Gasteiger partial charge in [0.25, 0.3) is 0 Å². The van der Waals surface area contributed by atoms with Crippen molar-refractivity contribution >= 4 is 5.91 Å². The molecule has 0 saturated carbocycles. The Morgan fingerprint density at radius 1 is 0.950 bits per heavy atom. The van der Waals surface area contributed by atoms with Crippen molar-refractivity contribution in [2.24, 2.45) is 0 Å². The van der Waals surface area contributed by atoms with E-state index in [-0.39, 0.29) is 24.0 Å². The number of carbonyl (C=O) groups excluding carboxylic acids is 1. The van der Waals surface area contributed by atoms with Crippen molar-refractivity contribution < 1.29 is 13.6 Å². The number of benzene rings is 2. The van der Waals surface area contributed by atoms with Gasteiger partial charge >= 0.3 is 0 Å². The third-order valence-electron chi connectivity index (χ3n) is 2.90. The van der Waals surface area contributed by atoms with Crippen molar-refractivity contribution in [3.05, 3.63) is 71.3 Å². The van der Waals surface area contributed by atoms with E-state index in [9.17, 15) is 13.6 Å². The van der Waals surface area contributed by atoms with E-state index in [2.05, 4.69) is 5.32 Å². The highest BCUT2D eigenvalue weighted by atomic mass is 19.1. The van der Waals surface area contributed by atoms with Crippen LogP contribution in [-0.2, 0) is 17.6 Å². The number of rotatable bonds is 5. The van der Waals surface area contributed by atoms with Crippen LogP contribution in [0.25, 0.3) is 0 Å². The van der Waals surface area contributed by atoms with Gasteiger partial charge in [0.2, 0.25) is 5.91 Å². The molecule has 0 fully saturated rings. The Hall–Kier alpha value is -2.23. The zero-order valence-electron chi connectivity index (χ0n) is 10.9. The van der Waals surface area contributed by atoms with Crippen molar-refractivity contribution in [2.75, 3.05) is 6.54 Å². The molecule has 0 unspecified atom stereocenters. The van der Waals surface area contributed by atoms with Crippen LogP contribution in [0.2, 0.25) is 0 Å². The predicted molar refractivity (Wildman–Crippen MR) is 73.2 cm³/mol. The van der Waals surface area contributed by atoms with E-state index in [1.165, 1.54) is 24.3 Å². The summed E-state index contributed by atoms with van der Waals surface area (Å²) >= 11 is 0. The lowest BCUT2D eigenvalue weighted by Gasteiger charge is -2.06. The van der Waals surface area contributed by atoms with Gasteiger partial charge in [0.15, 0.2) is 0 Å². The van der Waals surface area contributed by atoms with Crippen LogP contribution in [0.4, 0.5) is 8.78 Å². The van der Waals surface area contributed by atoms with Crippen LogP contribution in [0.3, 0.4) is 0 Å². The third-order valence-corrected chi connectivity index (χ3v) is 2.90. The van der Waals surface area contributed by atoms with E-state index in [1.807, 2.05) is 0 Å². The van der Waals surface area contributed by atoms with E-state index in [1.54, 1.807) is 24.3 Å². The normalized spacial score (nSPS) is 10.3. The van der Waals surface area contributed by atoms with E-state index in [0.29, 0.717) is 18.5 Å². The molecule has 1 N–H and O–H groups in total. The van der Waals surface area contributed by atoms with Crippen molar-refractivity contribution in [1.82, 2.24) is 5.32 Å². The fraction of sp³-hybridized carbons (Fsp3) is 0.188. The van der Waals surface area contributed by atoms with Crippen LogP contribution in [0.15, 0.2) is 48.5 Å². The fourth-order valence-corrected chi connectivity index (χ4v) is 1.89. The monoisotopic (exact) mass is 275 g/mol. The van der Waals surface area contributed by atoms with E-state index < -0.39 is 0 Å². The van der Waals surface area contributed by atoms with Gasteiger partial charge in [-0.2, -0.15) is 0 Å². The summed E-state index contributed by atoms with van der Waals surface area (Å²) in [5.74, 6) is -0.775. The second-order valence-electron chi connectivity index (χ2n) is 4.53. The van der Waals surface area contributed by atoms with Gasteiger partial charge in [-0.15, -0.1) is 0 Å². The first-order valence-electron chi connectivity index (χ1n) is 6.39. The molecule has 0 saturated heterocycles. The second kappa shape index (κ2) is 6.80. The molecule has 20 heavy (non-hydrogen) atoms. The largest absolute Gasteiger partial charge is 0.355 e. The summed E-state index contributed by atoms with van der Waals surface area (Å²) < 4.78 is 25.7. The van der Waals surface area contributed by atoms with Crippen LogP contribution < -0.4 is 5.32 Å². The second-order valence-corrected chi connectivity index (χ2v) is 4.53. The van der Waals surface area contributed by atoms with Crippen molar-refractivity contribution in [3.8, 4) is 0 Å². The summed E-state index contributed by atoms with van der Waals surface area (Å²) in [5, 5.41) is 2.76. The molecule has 0 spiro atoms. The van der Waals surface area contributed by atoms with Gasteiger partial charge in [-0.1, -0.05) is 24.3 Å². The first kappa shape index (κ1) is 14.2. The van der Waals surface area contributed by atoms with Crippen LogP contribution in [-0.4, -0.2) is 12.5 Å². The topological polar surface area (TPSA) is 29.1 Å². The van der Waals surface area contributed by atoms with Crippen LogP contribution >= 0.6 is 0 Å². The molecule has 0 aliphatic carbocycles. The molecule has 1 amide bonds. The summed E-state index contributed by atoms with van der Waals surface area (Å²) in [7, 11) is 0. The van der Waals surface area contributed by atoms with Gasteiger partial charge < -0.3 is 5.32 Å². The highest BCUT2D eigenvalue weighted by Gasteiger charge is 2.04. The van der Waals surface area contributed by atoms with Gasteiger partial charge in [-0.25, -0.2) is 8.78 Å². The Morgan fingerprint density at radius 3 is 2.40 bits per heavy atom. The molecule has 2 aromatic rings. The summed E-state index contributed by atoms with van der Waals surface area (Å²) in [6.45, 7) is 0.472. The van der Waals surface area contributed by atoms with Crippen molar-refractivity contribution in [1.29, 1.82) is 0 Å². The van der Waals surface area contributed by atoms with E-state index in [4.69, 9.17) is 0 Å². The molecule has 0 aromatic heterocycles. The average molecular weight is 275 g/mol. The van der Waals surface area contributed by atoms with Crippen molar-refractivity contribution in [2.45, 2.75) is 12.8 Å². The lowest BCUT2D eigenvalue weighted by Crippen LogP contribution is -2.27. The third kappa shape index (κ3) is 4.46. The standard InChI is InChI=1S/C16H15F2NO/c17-14-6-4-12(5-7-14)8-9-19-16(20)11-13-2-1-3-15(18)10-13/h1-7,10H,8-9,11H2,(H,19,20). The van der Waals surface area contributed by atoms with Crippen LogP contribution in [0, 0.1) is 11.6 Å². The number of amides is 1. The molecule has 0 radical (unpaired) electrons. The molecule has 0 heterocycles. The lowest BCUT2D eigenvalue weighted by atomic mass is 10.1. The molecule has 2 nitrogen and oxygen atoms in total. The number of halogens is 2. The summed E-state index contributed by atoms with van der Waals surface area (Å²) in [6.07, 6.45) is 0.788. The highest BCUT2D eigenvalue weighted by Crippen LogP contribution is 2.05. The zero-order chi connectivity index (χ0) is 14.4. The number of nitrogens with one attached hydrogen (secondary N) is 1. The quantitative estimate of drug-likeness (QED) is 0.893. The molecule has 0 atom stereocenters.